The van der Waals surface area contributed by atoms with Crippen molar-refractivity contribution in [3.8, 4) is 0 Å². The zero-order valence-electron chi connectivity index (χ0n) is 21.8. The lowest BCUT2D eigenvalue weighted by atomic mass is 10.1. The lowest BCUT2D eigenvalue weighted by Gasteiger charge is -2.20. The highest BCUT2D eigenvalue weighted by Gasteiger charge is 2.27. The second-order valence-electron chi connectivity index (χ2n) is 9.63. The normalized spacial score (nSPS) is 13.4. The summed E-state index contributed by atoms with van der Waals surface area (Å²) in [6, 6.07) is 11.4. The van der Waals surface area contributed by atoms with Gasteiger partial charge in [0, 0.05) is 61.1 Å². The van der Waals surface area contributed by atoms with Crippen LogP contribution in [0.15, 0.2) is 55.0 Å². The number of benzene rings is 1. The van der Waals surface area contributed by atoms with Crippen LogP contribution in [0.2, 0.25) is 0 Å². The van der Waals surface area contributed by atoms with Crippen LogP contribution in [0.1, 0.15) is 11.1 Å². The molecule has 0 fully saturated rings. The maximum Gasteiger partial charge on any atom is 0.233 e. The summed E-state index contributed by atoms with van der Waals surface area (Å²) in [5.41, 5.74) is 4.16. The van der Waals surface area contributed by atoms with Crippen molar-refractivity contribution in [2.45, 2.75) is 13.0 Å². The fourth-order valence-corrected chi connectivity index (χ4v) is 4.95. The molecule has 0 radical (unpaired) electrons. The number of nitrogens with zero attached hydrogens (tertiary/aromatic N) is 7. The Morgan fingerprint density at radius 2 is 1.92 bits per heavy atom. The van der Waals surface area contributed by atoms with Crippen LogP contribution in [0.3, 0.4) is 0 Å². The Kier molecular flexibility index (Phi) is 6.76. The van der Waals surface area contributed by atoms with Gasteiger partial charge in [-0.05, 0) is 50.0 Å². The minimum atomic E-state index is -3.46. The van der Waals surface area contributed by atoms with Crippen molar-refractivity contribution in [2.75, 3.05) is 55.0 Å². The van der Waals surface area contributed by atoms with Crippen LogP contribution in [-0.2, 0) is 27.8 Å². The van der Waals surface area contributed by atoms with Crippen molar-refractivity contribution in [2.24, 2.45) is 0 Å². The third-order valence-corrected chi connectivity index (χ3v) is 7.71. The molecule has 3 aromatic heterocycles. The Bertz CT molecular complexity index is 1620. The van der Waals surface area contributed by atoms with Crippen molar-refractivity contribution < 1.29 is 13.2 Å². The summed E-state index contributed by atoms with van der Waals surface area (Å²) in [5, 5.41) is 4.12. The molecule has 0 atom stereocenters. The molecule has 0 saturated carbocycles. The van der Waals surface area contributed by atoms with E-state index in [0.29, 0.717) is 36.9 Å². The van der Waals surface area contributed by atoms with Crippen molar-refractivity contribution >= 4 is 50.1 Å². The molecule has 5 rings (SSSR count). The molecule has 1 N–H and O–H groups in total. The van der Waals surface area contributed by atoms with E-state index in [9.17, 15) is 13.2 Å². The van der Waals surface area contributed by atoms with Gasteiger partial charge in [-0.1, -0.05) is 6.07 Å². The first kappa shape index (κ1) is 25.6. The summed E-state index contributed by atoms with van der Waals surface area (Å²) in [5.74, 6) is 0.896. The van der Waals surface area contributed by atoms with Gasteiger partial charge in [-0.15, -0.1) is 0 Å². The molecule has 0 unspecified atom stereocenters. The predicted octanol–water partition coefficient (Wildman–Crippen LogP) is 2.46. The molecule has 1 amide bonds. The number of nitrogens with one attached hydrogen (secondary N) is 1. The van der Waals surface area contributed by atoms with Gasteiger partial charge in [0.05, 0.1) is 19.2 Å². The lowest BCUT2D eigenvalue weighted by molar-refractivity contribution is -0.117. The molecule has 4 aromatic rings. The molecule has 0 aliphatic carbocycles. The average molecular weight is 535 g/mol. The number of fused-ring (bicyclic) bond motifs is 2. The van der Waals surface area contributed by atoms with E-state index < -0.39 is 10.0 Å². The first-order chi connectivity index (χ1) is 18.1. The number of carbonyl (C=O) groups excluding carboxylic acids is 1. The van der Waals surface area contributed by atoms with E-state index >= 15 is 0 Å². The molecule has 0 spiro atoms. The number of hydrogen-bond donors (Lipinski definition) is 1. The number of anilines is 4. The Balaban J connectivity index is 1.39. The summed E-state index contributed by atoms with van der Waals surface area (Å²) in [6.07, 6.45) is 6.73. The largest absolute Gasteiger partial charge is 0.328 e. The SMILES string of the molecule is CN(C)CCN1C(=O)Cc2cc(Nc3ncc4ccn(Cc5cccnc5N(C)S(C)(=O)=O)c4n3)ccc21. The van der Waals surface area contributed by atoms with Gasteiger partial charge >= 0.3 is 0 Å². The van der Waals surface area contributed by atoms with Gasteiger partial charge in [-0.3, -0.25) is 9.10 Å². The Hall–Kier alpha value is -4.03. The number of hydrogen-bond acceptors (Lipinski definition) is 8. The second kappa shape index (κ2) is 10.0. The number of carbonyl (C=O) groups is 1. The van der Waals surface area contributed by atoms with Crippen LogP contribution in [0.5, 0.6) is 0 Å². The third-order valence-electron chi connectivity index (χ3n) is 6.55. The zero-order valence-corrected chi connectivity index (χ0v) is 22.6. The average Bonchev–Trinajstić information content (AvgIpc) is 3.41. The maximum absolute atomic E-state index is 12.6. The first-order valence-electron chi connectivity index (χ1n) is 12.1. The van der Waals surface area contributed by atoms with Crippen molar-refractivity contribution in [3.05, 3.63) is 66.1 Å². The van der Waals surface area contributed by atoms with Gasteiger partial charge in [0.15, 0.2) is 0 Å². The number of likely N-dealkylation sites (N-methyl/N-ethyl adjacent to an activating group) is 1. The number of rotatable bonds is 9. The molecular weight excluding hydrogens is 504 g/mol. The van der Waals surface area contributed by atoms with E-state index in [1.807, 2.05) is 60.1 Å². The molecule has 0 bridgehead atoms. The van der Waals surface area contributed by atoms with Crippen LogP contribution < -0.4 is 14.5 Å². The van der Waals surface area contributed by atoms with E-state index in [-0.39, 0.29) is 5.91 Å². The molecular formula is C26H30N8O3S. The summed E-state index contributed by atoms with van der Waals surface area (Å²) >= 11 is 0. The molecule has 38 heavy (non-hydrogen) atoms. The fourth-order valence-electron chi connectivity index (χ4n) is 4.47. The van der Waals surface area contributed by atoms with Crippen LogP contribution in [0, 0.1) is 0 Å². The number of amides is 1. The number of sulfonamides is 1. The zero-order chi connectivity index (χ0) is 27.0. The highest BCUT2D eigenvalue weighted by Crippen LogP contribution is 2.32. The van der Waals surface area contributed by atoms with Gasteiger partial charge < -0.3 is 19.7 Å². The van der Waals surface area contributed by atoms with Crippen LogP contribution in [0.4, 0.5) is 23.1 Å². The molecule has 1 aliphatic heterocycles. The Labute approximate surface area is 221 Å². The topological polar surface area (TPSA) is 117 Å². The lowest BCUT2D eigenvalue weighted by Crippen LogP contribution is -2.33. The maximum atomic E-state index is 12.6. The van der Waals surface area contributed by atoms with E-state index in [4.69, 9.17) is 4.98 Å². The predicted molar refractivity (Wildman–Crippen MR) is 148 cm³/mol. The van der Waals surface area contributed by atoms with Gasteiger partial charge in [0.1, 0.15) is 11.5 Å². The fraction of sp³-hybridized carbons (Fsp3) is 0.308. The molecule has 198 valence electrons. The van der Waals surface area contributed by atoms with Crippen LogP contribution >= 0.6 is 0 Å². The quantitative estimate of drug-likeness (QED) is 0.348. The standard InChI is InChI=1S/C26H30N8O3S/c1-31(2)12-13-34-22-8-7-21(14-20(22)15-23(34)35)29-26-28-16-18-9-11-33(25(18)30-26)17-19-6-5-10-27-24(19)32(3)38(4,36)37/h5-11,14,16H,12-13,15,17H2,1-4H3,(H,28,29,30). The summed E-state index contributed by atoms with van der Waals surface area (Å²) < 4.78 is 27.3. The minimum Gasteiger partial charge on any atom is -0.328 e. The van der Waals surface area contributed by atoms with Gasteiger partial charge in [-0.25, -0.2) is 18.4 Å². The second-order valence-corrected chi connectivity index (χ2v) is 11.6. The van der Waals surface area contributed by atoms with E-state index in [0.717, 1.165) is 40.7 Å². The Morgan fingerprint density at radius 3 is 2.68 bits per heavy atom. The molecule has 12 heteroatoms. The molecule has 4 heterocycles. The number of aromatic nitrogens is 4. The van der Waals surface area contributed by atoms with E-state index in [1.54, 1.807) is 18.5 Å². The molecule has 1 aromatic carbocycles. The minimum absolute atomic E-state index is 0.103. The van der Waals surface area contributed by atoms with Gasteiger partial charge in [0.2, 0.25) is 21.9 Å². The highest BCUT2D eigenvalue weighted by molar-refractivity contribution is 7.92. The summed E-state index contributed by atoms with van der Waals surface area (Å²) in [7, 11) is 2.01. The summed E-state index contributed by atoms with van der Waals surface area (Å²) in [4.78, 5) is 29.9. The van der Waals surface area contributed by atoms with Crippen molar-refractivity contribution in [1.29, 1.82) is 0 Å². The van der Waals surface area contributed by atoms with E-state index in [1.165, 1.54) is 11.4 Å². The van der Waals surface area contributed by atoms with Crippen molar-refractivity contribution in [1.82, 2.24) is 24.4 Å². The van der Waals surface area contributed by atoms with E-state index in [2.05, 4.69) is 20.2 Å². The smallest absolute Gasteiger partial charge is 0.233 e. The van der Waals surface area contributed by atoms with Gasteiger partial charge in [0.25, 0.3) is 0 Å². The van der Waals surface area contributed by atoms with Crippen LogP contribution in [-0.4, -0.2) is 79.2 Å². The highest BCUT2D eigenvalue weighted by atomic mass is 32.2. The third kappa shape index (κ3) is 5.18. The number of pyridine rings is 1. The first-order valence-corrected chi connectivity index (χ1v) is 14.0. The monoisotopic (exact) mass is 534 g/mol. The molecule has 1 aliphatic rings. The molecule has 11 nitrogen and oxygen atoms in total. The van der Waals surface area contributed by atoms with Gasteiger partial charge in [-0.2, -0.15) is 4.98 Å². The summed E-state index contributed by atoms with van der Waals surface area (Å²) in [6.45, 7) is 1.83. The Morgan fingerprint density at radius 1 is 1.11 bits per heavy atom. The van der Waals surface area contributed by atoms with Crippen LogP contribution in [0.25, 0.3) is 11.0 Å². The molecule has 0 saturated heterocycles. The van der Waals surface area contributed by atoms with Crippen molar-refractivity contribution in [3.63, 3.8) is 0 Å².